The van der Waals surface area contributed by atoms with E-state index < -0.39 is 12.7 Å². The number of alkyl halides is 3. The molecule has 0 saturated carbocycles. The van der Waals surface area contributed by atoms with Crippen molar-refractivity contribution in [2.45, 2.75) is 39.4 Å². The lowest BCUT2D eigenvalue weighted by atomic mass is 10.1. The molecule has 0 fully saturated rings. The van der Waals surface area contributed by atoms with Gasteiger partial charge in [-0.15, -0.1) is 0 Å². The number of rotatable bonds is 7. The summed E-state index contributed by atoms with van der Waals surface area (Å²) in [7, 11) is 0. The summed E-state index contributed by atoms with van der Waals surface area (Å²) in [5.41, 5.74) is 1.39. The summed E-state index contributed by atoms with van der Waals surface area (Å²) in [6, 6.07) is 5.35. The third kappa shape index (κ3) is 5.75. The number of anilines is 1. The van der Waals surface area contributed by atoms with Crippen LogP contribution >= 0.6 is 11.6 Å². The molecule has 0 heterocycles. The molecule has 0 aromatic heterocycles. The molecule has 120 valence electrons. The van der Waals surface area contributed by atoms with Crippen LogP contribution in [-0.4, -0.2) is 25.8 Å². The van der Waals surface area contributed by atoms with Crippen molar-refractivity contribution in [2.24, 2.45) is 0 Å². The van der Waals surface area contributed by atoms with E-state index in [0.29, 0.717) is 10.7 Å². The summed E-state index contributed by atoms with van der Waals surface area (Å²) in [6.45, 7) is 5.91. The molecule has 1 unspecified atom stereocenters. The minimum atomic E-state index is -4.24. The highest BCUT2D eigenvalue weighted by molar-refractivity contribution is 6.33. The van der Waals surface area contributed by atoms with Crippen LogP contribution in [0.15, 0.2) is 18.2 Å². The maximum Gasteiger partial charge on any atom is 0.405 e. The highest BCUT2D eigenvalue weighted by atomic mass is 35.5. The van der Waals surface area contributed by atoms with Gasteiger partial charge < -0.3 is 10.2 Å². The number of nitrogens with zero attached hydrogens (tertiary/aromatic N) is 1. The molecule has 0 aliphatic rings. The second kappa shape index (κ2) is 7.90. The fourth-order valence-electron chi connectivity index (χ4n) is 2.11. The third-order valence-corrected chi connectivity index (χ3v) is 3.57. The Morgan fingerprint density at radius 3 is 2.43 bits per heavy atom. The smallest absolute Gasteiger partial charge is 0.362 e. The van der Waals surface area contributed by atoms with Crippen LogP contribution in [0.25, 0.3) is 0 Å². The lowest BCUT2D eigenvalue weighted by molar-refractivity contribution is -0.119. The molecule has 1 aromatic carbocycles. The van der Waals surface area contributed by atoms with Crippen molar-refractivity contribution in [2.75, 3.05) is 24.5 Å². The van der Waals surface area contributed by atoms with Crippen LogP contribution in [0.5, 0.6) is 0 Å². The van der Waals surface area contributed by atoms with Crippen molar-refractivity contribution < 1.29 is 13.2 Å². The molecule has 1 N–H and O–H groups in total. The first-order valence-electron chi connectivity index (χ1n) is 7.13. The Labute approximate surface area is 129 Å². The largest absolute Gasteiger partial charge is 0.405 e. The van der Waals surface area contributed by atoms with E-state index in [4.69, 9.17) is 11.6 Å². The van der Waals surface area contributed by atoms with Gasteiger partial charge in [0.2, 0.25) is 0 Å². The van der Waals surface area contributed by atoms with Gasteiger partial charge in [-0.05, 0) is 44.5 Å². The zero-order chi connectivity index (χ0) is 16.0. The van der Waals surface area contributed by atoms with E-state index in [1.807, 2.05) is 13.0 Å². The van der Waals surface area contributed by atoms with Gasteiger partial charge in [-0.3, -0.25) is 0 Å². The van der Waals surface area contributed by atoms with Crippen molar-refractivity contribution in [1.29, 1.82) is 0 Å². The normalized spacial score (nSPS) is 13.3. The molecule has 0 saturated heterocycles. The van der Waals surface area contributed by atoms with Gasteiger partial charge in [0, 0.05) is 12.6 Å². The maximum atomic E-state index is 12.6. The lowest BCUT2D eigenvalue weighted by Gasteiger charge is -2.26. The van der Waals surface area contributed by atoms with Crippen molar-refractivity contribution >= 4 is 17.3 Å². The number of nitrogens with one attached hydrogen (secondary N) is 1. The topological polar surface area (TPSA) is 15.3 Å². The monoisotopic (exact) mass is 322 g/mol. The molecule has 1 atom stereocenters. The molecular formula is C15H22ClF3N2. The van der Waals surface area contributed by atoms with E-state index in [1.54, 1.807) is 19.1 Å². The summed E-state index contributed by atoms with van der Waals surface area (Å²) in [5, 5.41) is 3.68. The van der Waals surface area contributed by atoms with Gasteiger partial charge >= 0.3 is 6.18 Å². The van der Waals surface area contributed by atoms with Gasteiger partial charge in [0.05, 0.1) is 10.7 Å². The fraction of sp³-hybridized carbons (Fsp3) is 0.600. The molecule has 0 spiro atoms. The zero-order valence-corrected chi connectivity index (χ0v) is 13.4. The molecular weight excluding hydrogens is 301 g/mol. The van der Waals surface area contributed by atoms with E-state index in [0.717, 1.165) is 18.5 Å². The van der Waals surface area contributed by atoms with Gasteiger partial charge in [0.25, 0.3) is 0 Å². The quantitative estimate of drug-likeness (QED) is 0.776. The molecule has 0 bridgehead atoms. The van der Waals surface area contributed by atoms with Crippen LogP contribution in [0.1, 0.15) is 38.8 Å². The van der Waals surface area contributed by atoms with Crippen LogP contribution in [0.4, 0.5) is 18.9 Å². The summed E-state index contributed by atoms with van der Waals surface area (Å²) < 4.78 is 37.7. The van der Waals surface area contributed by atoms with Crippen LogP contribution in [0, 0.1) is 0 Å². The third-order valence-electron chi connectivity index (χ3n) is 3.26. The van der Waals surface area contributed by atoms with Crippen LogP contribution in [0.2, 0.25) is 5.02 Å². The van der Waals surface area contributed by atoms with Crippen molar-refractivity contribution in [3.05, 3.63) is 28.8 Å². The molecule has 21 heavy (non-hydrogen) atoms. The minimum absolute atomic E-state index is 0.120. The van der Waals surface area contributed by atoms with Crippen molar-refractivity contribution in [3.8, 4) is 0 Å². The van der Waals surface area contributed by atoms with Crippen LogP contribution < -0.4 is 10.2 Å². The van der Waals surface area contributed by atoms with Gasteiger partial charge in [-0.1, -0.05) is 24.6 Å². The fourth-order valence-corrected chi connectivity index (χ4v) is 2.42. The zero-order valence-electron chi connectivity index (χ0n) is 12.6. The van der Waals surface area contributed by atoms with Gasteiger partial charge in [-0.25, -0.2) is 0 Å². The molecule has 0 amide bonds. The second-order valence-electron chi connectivity index (χ2n) is 5.02. The average Bonchev–Trinajstić information content (AvgIpc) is 2.41. The first-order valence-corrected chi connectivity index (χ1v) is 7.50. The summed E-state index contributed by atoms with van der Waals surface area (Å²) in [6.07, 6.45) is -3.22. The van der Waals surface area contributed by atoms with E-state index in [-0.39, 0.29) is 12.6 Å². The predicted molar refractivity (Wildman–Crippen MR) is 82.1 cm³/mol. The van der Waals surface area contributed by atoms with Crippen molar-refractivity contribution in [3.63, 3.8) is 0 Å². The Hall–Kier alpha value is -0.940. The molecule has 0 aliphatic carbocycles. The Kier molecular flexibility index (Phi) is 6.81. The van der Waals surface area contributed by atoms with Crippen molar-refractivity contribution in [1.82, 2.24) is 5.32 Å². The standard InChI is InChI=1S/C15H22ClF3N2/c1-4-8-20-11(3)12-6-7-14(13(16)9-12)21(5-2)10-15(17,18)19/h6-7,9,11,20H,4-5,8,10H2,1-3H3. The van der Waals surface area contributed by atoms with Gasteiger partial charge in [0.15, 0.2) is 0 Å². The molecule has 2 nitrogen and oxygen atoms in total. The first-order chi connectivity index (χ1) is 9.78. The predicted octanol–water partition coefficient (Wildman–Crippen LogP) is 4.79. The second-order valence-corrected chi connectivity index (χ2v) is 5.42. The minimum Gasteiger partial charge on any atom is -0.362 e. The Bertz CT molecular complexity index is 449. The molecule has 1 rings (SSSR count). The summed E-state index contributed by atoms with van der Waals surface area (Å²) in [4.78, 5) is 1.23. The number of benzene rings is 1. The van der Waals surface area contributed by atoms with E-state index >= 15 is 0 Å². The first kappa shape index (κ1) is 18.1. The molecule has 0 aliphatic heterocycles. The highest BCUT2D eigenvalue weighted by Crippen LogP contribution is 2.31. The molecule has 0 radical (unpaired) electrons. The molecule has 1 aromatic rings. The summed E-state index contributed by atoms with van der Waals surface area (Å²) >= 11 is 6.17. The van der Waals surface area contributed by atoms with Crippen LogP contribution in [-0.2, 0) is 0 Å². The van der Waals surface area contributed by atoms with E-state index in [9.17, 15) is 13.2 Å². The highest BCUT2D eigenvalue weighted by Gasteiger charge is 2.31. The Morgan fingerprint density at radius 2 is 1.95 bits per heavy atom. The van der Waals surface area contributed by atoms with Crippen LogP contribution in [0.3, 0.4) is 0 Å². The summed E-state index contributed by atoms with van der Waals surface area (Å²) in [5.74, 6) is 0. The maximum absolute atomic E-state index is 12.6. The average molecular weight is 323 g/mol. The van der Waals surface area contributed by atoms with Gasteiger partial charge in [0.1, 0.15) is 6.54 Å². The number of hydrogen-bond acceptors (Lipinski definition) is 2. The van der Waals surface area contributed by atoms with E-state index in [2.05, 4.69) is 12.2 Å². The Balaban J connectivity index is 2.90. The number of hydrogen-bond donors (Lipinski definition) is 1. The molecule has 6 heteroatoms. The SMILES string of the molecule is CCCNC(C)c1ccc(N(CC)CC(F)(F)F)c(Cl)c1. The van der Waals surface area contributed by atoms with Gasteiger partial charge in [-0.2, -0.15) is 13.2 Å². The van der Waals surface area contributed by atoms with E-state index in [1.165, 1.54) is 4.90 Å². The lowest BCUT2D eigenvalue weighted by Crippen LogP contribution is -2.34. The number of halogens is 4. The Morgan fingerprint density at radius 1 is 1.29 bits per heavy atom.